The summed E-state index contributed by atoms with van der Waals surface area (Å²) in [6, 6.07) is 25.0. The number of aryl methyl sites for hydroxylation is 2. The lowest BCUT2D eigenvalue weighted by Gasteiger charge is -2.37. The highest BCUT2D eigenvalue weighted by Gasteiger charge is 2.34. The van der Waals surface area contributed by atoms with E-state index in [0.29, 0.717) is 38.3 Å². The number of amides is 1. The molecule has 2 N–H and O–H groups in total. The van der Waals surface area contributed by atoms with Crippen LogP contribution in [0.2, 0.25) is 0 Å². The summed E-state index contributed by atoms with van der Waals surface area (Å²) in [5.41, 5.74) is 3.03. The summed E-state index contributed by atoms with van der Waals surface area (Å²) in [6.45, 7) is 4.06. The van der Waals surface area contributed by atoms with Crippen LogP contribution in [0.3, 0.4) is 0 Å². The number of Topliss-reactive ketones (excluding diaryl/α,β-unsaturated/α-hetero) is 1. The van der Waals surface area contributed by atoms with Crippen molar-refractivity contribution in [3.8, 4) is 11.5 Å². The van der Waals surface area contributed by atoms with E-state index in [0.717, 1.165) is 22.6 Å². The summed E-state index contributed by atoms with van der Waals surface area (Å²) in [5, 5.41) is 20.8. The number of hydrogen-bond donors (Lipinski definition) is 2. The Morgan fingerprint density at radius 1 is 0.833 bits per heavy atom. The monoisotopic (exact) mass is 488 g/mol. The number of carbonyl (C=O) groups is 2. The highest BCUT2D eigenvalue weighted by atomic mass is 16.5. The fraction of sp³-hybridized carbons (Fsp3) is 0.310. The maximum atomic E-state index is 12.7. The Hall–Kier alpha value is -3.68. The van der Waals surface area contributed by atoms with Crippen LogP contribution in [-0.2, 0) is 16.0 Å². The Morgan fingerprint density at radius 2 is 1.50 bits per heavy atom. The highest BCUT2D eigenvalue weighted by Crippen LogP contribution is 2.24. The van der Waals surface area contributed by atoms with Gasteiger partial charge in [-0.05, 0) is 60.9 Å². The minimum absolute atomic E-state index is 0.00118. The number of para-hydroxylation sites is 1. The third-order valence-electron chi connectivity index (χ3n) is 6.38. The van der Waals surface area contributed by atoms with Crippen molar-refractivity contribution in [3.63, 3.8) is 0 Å². The summed E-state index contributed by atoms with van der Waals surface area (Å²) >= 11 is 0. The van der Waals surface area contributed by atoms with Crippen LogP contribution in [0.5, 0.6) is 11.5 Å². The number of benzene rings is 3. The number of ketones is 1. The van der Waals surface area contributed by atoms with Gasteiger partial charge in [0.1, 0.15) is 17.6 Å². The molecule has 0 unspecified atom stereocenters. The zero-order valence-electron chi connectivity index (χ0n) is 20.4. The Morgan fingerprint density at radius 3 is 2.19 bits per heavy atom. The average Bonchev–Trinajstić information content (AvgIpc) is 2.91. The smallest absolute Gasteiger partial charge is 0.254 e. The topological polar surface area (TPSA) is 90.3 Å². The number of hydrogen-bond acceptors (Lipinski definition) is 6. The summed E-state index contributed by atoms with van der Waals surface area (Å²) in [4.78, 5) is 29.0. The Labute approximate surface area is 211 Å². The lowest BCUT2D eigenvalue weighted by molar-refractivity contribution is -0.152. The Kier molecular flexibility index (Phi) is 8.36. The summed E-state index contributed by atoms with van der Waals surface area (Å²) in [6.07, 6.45) is -3.16. The van der Waals surface area contributed by atoms with Crippen LogP contribution in [0, 0.1) is 6.92 Å². The molecule has 0 spiro atoms. The van der Waals surface area contributed by atoms with Gasteiger partial charge in [-0.25, -0.2) is 0 Å². The van der Waals surface area contributed by atoms with Gasteiger partial charge < -0.3 is 24.7 Å². The molecule has 7 nitrogen and oxygen atoms in total. The SMILES string of the molecule is Cc1cccc(Oc2cccc(CCC(=O)[C@H](O)[C@@H](O)C(=O)N3CCN(c4ccccc4)CC3)c2)c1. The van der Waals surface area contributed by atoms with Gasteiger partial charge in [0.05, 0.1) is 0 Å². The number of rotatable bonds is 9. The van der Waals surface area contributed by atoms with E-state index in [1.54, 1.807) is 0 Å². The molecule has 0 aromatic heterocycles. The predicted molar refractivity (Wildman–Crippen MR) is 138 cm³/mol. The van der Waals surface area contributed by atoms with Gasteiger partial charge >= 0.3 is 0 Å². The number of ether oxygens (including phenoxy) is 1. The normalized spacial score (nSPS) is 15.3. The summed E-state index contributed by atoms with van der Waals surface area (Å²) in [7, 11) is 0. The van der Waals surface area contributed by atoms with Gasteiger partial charge in [-0.2, -0.15) is 0 Å². The van der Waals surface area contributed by atoms with Gasteiger partial charge in [0.2, 0.25) is 0 Å². The van der Waals surface area contributed by atoms with Crippen molar-refractivity contribution >= 4 is 17.4 Å². The average molecular weight is 489 g/mol. The summed E-state index contributed by atoms with van der Waals surface area (Å²) in [5.74, 6) is 0.196. The van der Waals surface area contributed by atoms with Crippen molar-refractivity contribution in [3.05, 3.63) is 90.0 Å². The van der Waals surface area contributed by atoms with E-state index >= 15 is 0 Å². The largest absolute Gasteiger partial charge is 0.457 e. The first kappa shape index (κ1) is 25.4. The van der Waals surface area contributed by atoms with Gasteiger partial charge in [-0.1, -0.05) is 42.5 Å². The van der Waals surface area contributed by atoms with Crippen molar-refractivity contribution < 1.29 is 24.5 Å². The number of aliphatic hydroxyl groups is 2. The maximum absolute atomic E-state index is 12.7. The van der Waals surface area contributed by atoms with E-state index in [9.17, 15) is 19.8 Å². The predicted octanol–water partition coefficient (Wildman–Crippen LogP) is 3.36. The fourth-order valence-electron chi connectivity index (χ4n) is 4.32. The van der Waals surface area contributed by atoms with Crippen LogP contribution in [0.15, 0.2) is 78.9 Å². The molecule has 1 saturated heterocycles. The highest BCUT2D eigenvalue weighted by molar-refractivity contribution is 5.92. The van der Waals surface area contributed by atoms with Crippen molar-refractivity contribution in [2.75, 3.05) is 31.1 Å². The molecule has 1 heterocycles. The zero-order valence-corrected chi connectivity index (χ0v) is 20.4. The zero-order chi connectivity index (χ0) is 25.5. The van der Waals surface area contributed by atoms with E-state index in [-0.39, 0.29) is 6.42 Å². The van der Waals surface area contributed by atoms with Crippen LogP contribution in [0.4, 0.5) is 5.69 Å². The Bertz CT molecular complexity index is 1180. The summed E-state index contributed by atoms with van der Waals surface area (Å²) < 4.78 is 5.90. The molecule has 0 radical (unpaired) electrons. The number of anilines is 1. The third kappa shape index (κ3) is 6.50. The van der Waals surface area contributed by atoms with Crippen molar-refractivity contribution in [1.29, 1.82) is 0 Å². The van der Waals surface area contributed by atoms with E-state index in [2.05, 4.69) is 4.90 Å². The molecule has 3 aromatic carbocycles. The molecule has 1 aliphatic heterocycles. The number of piperazine rings is 1. The van der Waals surface area contributed by atoms with E-state index in [1.165, 1.54) is 4.90 Å². The lowest BCUT2D eigenvalue weighted by atomic mass is 10.0. The van der Waals surface area contributed by atoms with Crippen LogP contribution in [-0.4, -0.2) is 65.2 Å². The molecule has 2 atom stereocenters. The number of nitrogens with zero attached hydrogens (tertiary/aromatic N) is 2. The second kappa shape index (κ2) is 11.8. The molecule has 7 heteroatoms. The molecular formula is C29H32N2O5. The van der Waals surface area contributed by atoms with Crippen LogP contribution < -0.4 is 9.64 Å². The van der Waals surface area contributed by atoms with Crippen molar-refractivity contribution in [1.82, 2.24) is 4.90 Å². The molecule has 1 aliphatic rings. The van der Waals surface area contributed by atoms with Gasteiger partial charge in [0.15, 0.2) is 11.9 Å². The van der Waals surface area contributed by atoms with Crippen LogP contribution >= 0.6 is 0 Å². The van der Waals surface area contributed by atoms with Gasteiger partial charge in [0, 0.05) is 38.3 Å². The molecule has 1 fully saturated rings. The quantitative estimate of drug-likeness (QED) is 0.480. The number of carbonyl (C=O) groups excluding carboxylic acids is 2. The van der Waals surface area contributed by atoms with Gasteiger partial charge in [-0.15, -0.1) is 0 Å². The van der Waals surface area contributed by atoms with Gasteiger partial charge in [-0.3, -0.25) is 9.59 Å². The maximum Gasteiger partial charge on any atom is 0.254 e. The fourth-order valence-corrected chi connectivity index (χ4v) is 4.32. The first-order chi connectivity index (χ1) is 17.4. The van der Waals surface area contributed by atoms with E-state index in [1.807, 2.05) is 85.8 Å². The van der Waals surface area contributed by atoms with Crippen molar-refractivity contribution in [2.24, 2.45) is 0 Å². The third-order valence-corrected chi connectivity index (χ3v) is 6.38. The standard InChI is InChI=1S/C29H32N2O5/c1-21-7-5-11-24(19-21)36-25-12-6-8-22(20-25)13-14-26(32)27(33)28(34)29(35)31-17-15-30(16-18-31)23-9-3-2-4-10-23/h2-12,19-20,27-28,33-34H,13-18H2,1H3/t27-,28+/m0/s1. The number of aliphatic hydroxyl groups excluding tert-OH is 2. The van der Waals surface area contributed by atoms with Crippen LogP contribution in [0.25, 0.3) is 0 Å². The van der Waals surface area contributed by atoms with Gasteiger partial charge in [0.25, 0.3) is 5.91 Å². The molecular weight excluding hydrogens is 456 g/mol. The minimum Gasteiger partial charge on any atom is -0.457 e. The Balaban J connectivity index is 1.26. The molecule has 36 heavy (non-hydrogen) atoms. The molecule has 4 rings (SSSR count). The molecule has 0 aliphatic carbocycles. The molecule has 0 saturated carbocycles. The first-order valence-corrected chi connectivity index (χ1v) is 12.2. The van der Waals surface area contributed by atoms with E-state index < -0.39 is 23.9 Å². The molecule has 3 aromatic rings. The van der Waals surface area contributed by atoms with Crippen LogP contribution in [0.1, 0.15) is 17.5 Å². The first-order valence-electron chi connectivity index (χ1n) is 12.2. The second-order valence-electron chi connectivity index (χ2n) is 9.07. The second-order valence-corrected chi connectivity index (χ2v) is 9.07. The van der Waals surface area contributed by atoms with E-state index in [4.69, 9.17) is 4.74 Å². The molecule has 1 amide bonds. The minimum atomic E-state index is -1.77. The molecule has 188 valence electrons. The lowest BCUT2D eigenvalue weighted by Crippen LogP contribution is -2.54. The molecule has 0 bridgehead atoms. The van der Waals surface area contributed by atoms with Crippen molar-refractivity contribution in [2.45, 2.75) is 32.0 Å².